The topological polar surface area (TPSA) is 248 Å². The molecule has 0 aliphatic heterocycles. The molecule has 0 radical (unpaired) electrons. The summed E-state index contributed by atoms with van der Waals surface area (Å²) in [7, 11) is 0. The van der Waals surface area contributed by atoms with Crippen LogP contribution in [0.15, 0.2) is 25.3 Å². The molecule has 57 heavy (non-hydrogen) atoms. The molecule has 0 unspecified atom stereocenters. The number of hydrogen-bond acceptors (Lipinski definition) is 21. The first kappa shape index (κ1) is 54.5. The second-order valence-corrected chi connectivity index (χ2v) is 17.0. The van der Waals surface area contributed by atoms with E-state index < -0.39 is 99.5 Å². The van der Waals surface area contributed by atoms with Crippen LogP contribution in [0.3, 0.4) is 0 Å². The highest BCUT2D eigenvalue weighted by atomic mass is 32.2. The van der Waals surface area contributed by atoms with Crippen molar-refractivity contribution in [1.29, 1.82) is 0 Å². The third-order valence-corrected chi connectivity index (χ3v) is 10.9. The molecule has 17 nitrogen and oxygen atoms in total. The molecule has 0 aliphatic carbocycles. The van der Waals surface area contributed by atoms with Gasteiger partial charge in [0.15, 0.2) is 0 Å². The van der Waals surface area contributed by atoms with Crippen LogP contribution in [0.2, 0.25) is 0 Å². The fraction of sp³-hybridized carbons (Fsp3) is 0.722. The first-order chi connectivity index (χ1) is 27.4. The van der Waals surface area contributed by atoms with Gasteiger partial charge in [-0.15, -0.1) is 0 Å². The second kappa shape index (κ2) is 35.4. The molecule has 0 saturated heterocycles. The smallest absolute Gasteiger partial charge is 0.330 e. The molecule has 328 valence electrons. The van der Waals surface area contributed by atoms with Gasteiger partial charge in [-0.05, 0) is 0 Å². The van der Waals surface area contributed by atoms with Crippen LogP contribution in [-0.2, 0) is 61.9 Å². The minimum absolute atomic E-state index is 0.0263. The van der Waals surface area contributed by atoms with Gasteiger partial charge in [-0.1, -0.05) is 13.2 Å². The van der Waals surface area contributed by atoms with E-state index in [9.17, 15) is 28.8 Å². The lowest BCUT2D eigenvalue weighted by Gasteiger charge is -2.35. The first-order valence-corrected chi connectivity index (χ1v) is 22.6. The Kier molecular flexibility index (Phi) is 33.9. The Bertz CT molecular complexity index is 1050. The number of carbonyl (C=O) groups excluding carboxylic acids is 6. The first-order valence-electron chi connectivity index (χ1n) is 18.0. The molecule has 0 heterocycles. The number of ether oxygens (including phenoxy) is 7. The van der Waals surface area contributed by atoms with Crippen molar-refractivity contribution in [2.24, 2.45) is 10.8 Å². The van der Waals surface area contributed by atoms with Crippen molar-refractivity contribution in [3.05, 3.63) is 25.3 Å². The fourth-order valence-electron chi connectivity index (χ4n) is 4.06. The second-order valence-electron chi connectivity index (χ2n) is 12.1. The summed E-state index contributed by atoms with van der Waals surface area (Å²) in [6.07, 6.45) is 1.71. The van der Waals surface area contributed by atoms with Crippen LogP contribution < -0.4 is 0 Å². The molecule has 0 aromatic carbocycles. The summed E-state index contributed by atoms with van der Waals surface area (Å²) in [5.41, 5.74) is -3.05. The minimum atomic E-state index is -1.52. The van der Waals surface area contributed by atoms with Gasteiger partial charge in [-0.25, -0.2) is 9.59 Å². The third-order valence-electron chi connectivity index (χ3n) is 7.09. The summed E-state index contributed by atoms with van der Waals surface area (Å²) in [6.45, 7) is 2.82. The monoisotopic (exact) mass is 890 g/mol. The van der Waals surface area contributed by atoms with Crippen molar-refractivity contribution < 1.29 is 82.4 Å². The van der Waals surface area contributed by atoms with E-state index in [4.69, 9.17) is 53.6 Å². The van der Waals surface area contributed by atoms with E-state index in [1.807, 2.05) is 0 Å². The molecule has 0 saturated carbocycles. The maximum atomic E-state index is 12.7. The maximum absolute atomic E-state index is 12.7. The van der Waals surface area contributed by atoms with Crippen LogP contribution in [0.5, 0.6) is 0 Å². The van der Waals surface area contributed by atoms with Gasteiger partial charge in [0.1, 0.15) is 39.6 Å². The van der Waals surface area contributed by atoms with Crippen LogP contribution in [-0.4, -0.2) is 182 Å². The van der Waals surface area contributed by atoms with Gasteiger partial charge < -0.3 is 53.6 Å². The van der Waals surface area contributed by atoms with Gasteiger partial charge >= 0.3 is 35.8 Å². The van der Waals surface area contributed by atoms with Crippen LogP contribution >= 0.6 is 47.0 Å². The zero-order chi connectivity index (χ0) is 42.6. The zero-order valence-corrected chi connectivity index (χ0v) is 35.5. The van der Waals surface area contributed by atoms with Gasteiger partial charge in [-0.3, -0.25) is 19.2 Å². The van der Waals surface area contributed by atoms with E-state index in [1.165, 1.54) is 47.0 Å². The van der Waals surface area contributed by atoms with Gasteiger partial charge in [0, 0.05) is 58.2 Å². The maximum Gasteiger partial charge on any atom is 0.330 e. The average Bonchev–Trinajstić information content (AvgIpc) is 3.21. The van der Waals surface area contributed by atoms with E-state index in [2.05, 4.69) is 13.2 Å². The largest absolute Gasteiger partial charge is 0.465 e. The number of carbonyl (C=O) groups is 6. The summed E-state index contributed by atoms with van der Waals surface area (Å²) in [5, 5.41) is 36.2. The van der Waals surface area contributed by atoms with Crippen molar-refractivity contribution in [3.8, 4) is 0 Å². The molecule has 4 N–H and O–H groups in total. The lowest BCUT2D eigenvalue weighted by molar-refractivity contribution is -0.173. The molecule has 0 bridgehead atoms. The SMILES string of the molecule is C=CC(=O)OCC(COCC(COC(=O)C=C)(COC(=O)CCSCCO)COC(=O)CCSCCO)(COC(=O)CCSCCO)COC(=O)CCSCCO. The normalized spacial score (nSPS) is 11.3. The molecule has 0 rings (SSSR count). The molecular weight excluding hydrogens is 833 g/mol. The molecule has 0 aromatic heterocycles. The Hall–Kier alpha value is -2.50. The number of rotatable bonds is 38. The van der Waals surface area contributed by atoms with Gasteiger partial charge in [0.05, 0.1) is 76.2 Å². The van der Waals surface area contributed by atoms with Gasteiger partial charge in [0.25, 0.3) is 0 Å². The Morgan fingerprint density at radius 1 is 0.404 bits per heavy atom. The number of aliphatic hydroxyl groups excluding tert-OH is 4. The highest BCUT2D eigenvalue weighted by Gasteiger charge is 2.40. The summed E-state index contributed by atoms with van der Waals surface area (Å²) < 4.78 is 39.1. The lowest BCUT2D eigenvalue weighted by Crippen LogP contribution is -2.47. The Labute approximate surface area is 351 Å². The predicted octanol–water partition coefficient (Wildman–Crippen LogP) is 1.07. The Morgan fingerprint density at radius 3 is 0.877 bits per heavy atom. The molecule has 0 atom stereocenters. The van der Waals surface area contributed by atoms with E-state index in [-0.39, 0.29) is 52.1 Å². The minimum Gasteiger partial charge on any atom is -0.465 e. The number of esters is 6. The predicted molar refractivity (Wildman–Crippen MR) is 218 cm³/mol. The Balaban J connectivity index is 6.55. The highest BCUT2D eigenvalue weighted by molar-refractivity contribution is 7.99. The van der Waals surface area contributed by atoms with E-state index in [1.54, 1.807) is 0 Å². The fourth-order valence-corrected chi connectivity index (χ4v) is 6.64. The summed E-state index contributed by atoms with van der Waals surface area (Å²) in [6, 6.07) is 0. The van der Waals surface area contributed by atoms with Crippen molar-refractivity contribution >= 4 is 82.9 Å². The number of thioether (sulfide) groups is 4. The van der Waals surface area contributed by atoms with E-state index >= 15 is 0 Å². The number of aliphatic hydroxyl groups is 4. The van der Waals surface area contributed by atoms with Crippen molar-refractivity contribution in [2.75, 3.05) is 125 Å². The summed E-state index contributed by atoms with van der Waals surface area (Å²) in [4.78, 5) is 75.5. The van der Waals surface area contributed by atoms with Gasteiger partial charge in [0.2, 0.25) is 0 Å². The summed E-state index contributed by atoms with van der Waals surface area (Å²) in [5.74, 6) is -1.18. The quantitative estimate of drug-likeness (QED) is 0.0293. The van der Waals surface area contributed by atoms with Crippen LogP contribution in [0.25, 0.3) is 0 Å². The van der Waals surface area contributed by atoms with Crippen molar-refractivity contribution in [1.82, 2.24) is 0 Å². The molecule has 0 amide bonds. The van der Waals surface area contributed by atoms with Crippen molar-refractivity contribution in [2.45, 2.75) is 25.7 Å². The molecule has 0 aliphatic rings. The summed E-state index contributed by atoms with van der Waals surface area (Å²) >= 11 is 5.31. The average molecular weight is 891 g/mol. The van der Waals surface area contributed by atoms with Crippen LogP contribution in [0.1, 0.15) is 25.7 Å². The van der Waals surface area contributed by atoms with Crippen LogP contribution in [0.4, 0.5) is 0 Å². The third kappa shape index (κ3) is 29.4. The Morgan fingerprint density at radius 2 is 0.649 bits per heavy atom. The lowest BCUT2D eigenvalue weighted by atomic mass is 9.90. The molecular formula is C36H58O17S4. The van der Waals surface area contributed by atoms with Crippen molar-refractivity contribution in [3.63, 3.8) is 0 Å². The molecule has 0 aromatic rings. The molecule has 0 spiro atoms. The van der Waals surface area contributed by atoms with Gasteiger partial charge in [-0.2, -0.15) is 47.0 Å². The highest BCUT2D eigenvalue weighted by Crippen LogP contribution is 2.27. The molecule has 0 fully saturated rings. The van der Waals surface area contributed by atoms with Crippen LogP contribution in [0, 0.1) is 10.8 Å². The number of hydrogen-bond donors (Lipinski definition) is 4. The molecule has 21 heteroatoms. The standard InChI is InChI=1S/C36H58O17S4/c1-3-29(41)48-23-35(25-50-31(43)5-13-54-17-9-37,26-51-32(44)6-14-55-18-10-38)21-47-22-36(24-49-30(42)4-2,27-52-33(45)7-15-56-19-11-39)28-53-34(46)8-16-57-20-12-40/h3-4,37-40H,1-2,5-28H2. The van der Waals surface area contributed by atoms with E-state index in [0.717, 1.165) is 12.2 Å². The van der Waals surface area contributed by atoms with E-state index in [0.29, 0.717) is 46.0 Å². The zero-order valence-electron chi connectivity index (χ0n) is 32.3.